The van der Waals surface area contributed by atoms with Gasteiger partial charge in [0.05, 0.1) is 0 Å². The topological polar surface area (TPSA) is 9.23 Å². The van der Waals surface area contributed by atoms with Crippen molar-refractivity contribution in [3.8, 4) is 5.75 Å². The number of benzene rings is 1. The first kappa shape index (κ1) is 8.12. The van der Waals surface area contributed by atoms with Crippen LogP contribution in [0.4, 0.5) is 0 Å². The van der Waals surface area contributed by atoms with Crippen molar-refractivity contribution in [1.29, 1.82) is 0 Å². The monoisotopic (exact) mass is 149 g/mol. The van der Waals surface area contributed by atoms with Crippen molar-refractivity contribution < 1.29 is 4.74 Å². The van der Waals surface area contributed by atoms with Crippen LogP contribution in [-0.4, -0.2) is 5.60 Å². The van der Waals surface area contributed by atoms with Crippen LogP contribution in [0.2, 0.25) is 0 Å². The molecule has 0 spiro atoms. The van der Waals surface area contributed by atoms with Crippen molar-refractivity contribution in [3.63, 3.8) is 0 Å². The molecular formula is C10H13O. The third-order valence-electron chi connectivity index (χ3n) is 1.14. The van der Waals surface area contributed by atoms with Crippen molar-refractivity contribution in [3.05, 3.63) is 37.3 Å². The van der Waals surface area contributed by atoms with Gasteiger partial charge in [-0.3, -0.25) is 0 Å². The fourth-order valence-corrected chi connectivity index (χ4v) is 0.808. The lowest BCUT2D eigenvalue weighted by molar-refractivity contribution is 0.159. The van der Waals surface area contributed by atoms with E-state index >= 15 is 0 Å². The van der Waals surface area contributed by atoms with E-state index in [1.54, 1.807) is 0 Å². The van der Waals surface area contributed by atoms with E-state index in [1.807, 2.05) is 44.2 Å². The Morgan fingerprint density at radius 2 is 1.73 bits per heavy atom. The minimum atomic E-state index is -0.346. The second kappa shape index (κ2) is 2.95. The van der Waals surface area contributed by atoms with Crippen LogP contribution in [0.3, 0.4) is 0 Å². The first-order chi connectivity index (χ1) is 5.08. The van der Waals surface area contributed by atoms with Crippen LogP contribution in [0.5, 0.6) is 5.75 Å². The lowest BCUT2D eigenvalue weighted by Crippen LogP contribution is -2.23. The molecule has 11 heavy (non-hydrogen) atoms. The Kier molecular flexibility index (Phi) is 2.18. The van der Waals surface area contributed by atoms with Gasteiger partial charge in [0.1, 0.15) is 11.4 Å². The molecule has 1 rings (SSSR count). The van der Waals surface area contributed by atoms with Gasteiger partial charge in [-0.2, -0.15) is 0 Å². The molecule has 0 aliphatic heterocycles. The molecule has 0 aliphatic carbocycles. The summed E-state index contributed by atoms with van der Waals surface area (Å²) in [5.74, 6) is 0.868. The highest BCUT2D eigenvalue weighted by atomic mass is 16.5. The molecule has 0 heterocycles. The summed E-state index contributed by atoms with van der Waals surface area (Å²) in [6.45, 7) is 7.70. The molecule has 1 aromatic carbocycles. The van der Waals surface area contributed by atoms with Gasteiger partial charge in [0, 0.05) is 0 Å². The maximum absolute atomic E-state index is 5.49. The minimum Gasteiger partial charge on any atom is -0.488 e. The zero-order valence-electron chi connectivity index (χ0n) is 7.00. The zero-order valence-corrected chi connectivity index (χ0v) is 7.00. The predicted molar refractivity (Wildman–Crippen MR) is 46.5 cm³/mol. The number of para-hydroxylation sites is 1. The summed E-state index contributed by atoms with van der Waals surface area (Å²) in [7, 11) is 0. The Balaban J connectivity index is 2.66. The van der Waals surface area contributed by atoms with Crippen molar-refractivity contribution in [1.82, 2.24) is 0 Å². The molecule has 0 bridgehead atoms. The normalized spacial score (nSPS) is 11.2. The maximum Gasteiger partial charge on any atom is 0.120 e. The van der Waals surface area contributed by atoms with Crippen molar-refractivity contribution in [2.75, 3.05) is 0 Å². The fraction of sp³-hybridized carbons (Fsp3) is 0.300. The predicted octanol–water partition coefficient (Wildman–Crippen LogP) is 2.68. The maximum atomic E-state index is 5.49. The standard InChI is InChI=1S/C10H13O/c1-10(2,3)11-9-7-5-4-6-8-9/h4-8H,1H2,2-3H3. The van der Waals surface area contributed by atoms with Crippen LogP contribution < -0.4 is 4.74 Å². The third kappa shape index (κ3) is 3.08. The molecule has 0 N–H and O–H groups in total. The number of hydrogen-bond acceptors (Lipinski definition) is 1. The molecule has 0 unspecified atom stereocenters. The highest BCUT2D eigenvalue weighted by Crippen LogP contribution is 2.15. The molecule has 0 aromatic heterocycles. The number of ether oxygens (including phenoxy) is 1. The van der Waals surface area contributed by atoms with Gasteiger partial charge in [0.2, 0.25) is 0 Å². The number of rotatable bonds is 2. The summed E-state index contributed by atoms with van der Waals surface area (Å²) >= 11 is 0. The Morgan fingerprint density at radius 3 is 2.18 bits per heavy atom. The van der Waals surface area contributed by atoms with Crippen LogP contribution in [-0.2, 0) is 0 Å². The van der Waals surface area contributed by atoms with Crippen LogP contribution in [0.1, 0.15) is 13.8 Å². The SMILES string of the molecule is [CH2]C(C)(C)Oc1ccccc1. The Bertz CT molecular complexity index is 208. The highest BCUT2D eigenvalue weighted by Gasteiger charge is 2.10. The van der Waals surface area contributed by atoms with Gasteiger partial charge in [-0.1, -0.05) is 18.2 Å². The lowest BCUT2D eigenvalue weighted by atomic mass is 10.2. The summed E-state index contributed by atoms with van der Waals surface area (Å²) < 4.78 is 5.49. The van der Waals surface area contributed by atoms with Gasteiger partial charge >= 0.3 is 0 Å². The molecule has 0 atom stereocenters. The Hall–Kier alpha value is -0.980. The van der Waals surface area contributed by atoms with E-state index in [2.05, 4.69) is 6.92 Å². The molecule has 59 valence electrons. The molecule has 0 aliphatic rings. The zero-order chi connectivity index (χ0) is 8.32. The molecule has 0 amide bonds. The van der Waals surface area contributed by atoms with Gasteiger partial charge in [-0.05, 0) is 32.9 Å². The number of hydrogen-bond donors (Lipinski definition) is 0. The van der Waals surface area contributed by atoms with E-state index in [0.29, 0.717) is 0 Å². The van der Waals surface area contributed by atoms with Gasteiger partial charge < -0.3 is 4.74 Å². The van der Waals surface area contributed by atoms with Crippen molar-refractivity contribution in [2.45, 2.75) is 19.4 Å². The largest absolute Gasteiger partial charge is 0.488 e. The Morgan fingerprint density at radius 1 is 1.18 bits per heavy atom. The Labute approximate surface area is 68.0 Å². The quantitative estimate of drug-likeness (QED) is 0.628. The highest BCUT2D eigenvalue weighted by molar-refractivity contribution is 5.21. The minimum absolute atomic E-state index is 0.346. The van der Waals surface area contributed by atoms with Crippen molar-refractivity contribution in [2.24, 2.45) is 0 Å². The fourth-order valence-electron chi connectivity index (χ4n) is 0.808. The van der Waals surface area contributed by atoms with E-state index in [1.165, 1.54) is 0 Å². The van der Waals surface area contributed by atoms with Crippen molar-refractivity contribution >= 4 is 0 Å². The van der Waals surface area contributed by atoms with Crippen LogP contribution >= 0.6 is 0 Å². The van der Waals surface area contributed by atoms with E-state index in [0.717, 1.165) is 5.75 Å². The van der Waals surface area contributed by atoms with Crippen LogP contribution in [0.25, 0.3) is 0 Å². The molecular weight excluding hydrogens is 136 g/mol. The van der Waals surface area contributed by atoms with Crippen LogP contribution in [0, 0.1) is 6.92 Å². The first-order valence-corrected chi connectivity index (χ1v) is 3.67. The molecule has 1 heteroatoms. The molecule has 1 radical (unpaired) electrons. The summed E-state index contributed by atoms with van der Waals surface area (Å²) in [5.41, 5.74) is -0.346. The average molecular weight is 149 g/mol. The molecule has 1 aromatic rings. The summed E-state index contributed by atoms with van der Waals surface area (Å²) in [4.78, 5) is 0. The second-order valence-corrected chi connectivity index (χ2v) is 3.17. The third-order valence-corrected chi connectivity index (χ3v) is 1.14. The smallest absolute Gasteiger partial charge is 0.120 e. The first-order valence-electron chi connectivity index (χ1n) is 3.67. The summed E-state index contributed by atoms with van der Waals surface area (Å²) in [6, 6.07) is 9.70. The average Bonchev–Trinajstić information content (AvgIpc) is 1.85. The molecule has 1 nitrogen and oxygen atoms in total. The van der Waals surface area contributed by atoms with Crippen LogP contribution in [0.15, 0.2) is 30.3 Å². The molecule has 0 saturated heterocycles. The van der Waals surface area contributed by atoms with E-state index in [4.69, 9.17) is 4.74 Å². The molecule has 0 fully saturated rings. The van der Waals surface area contributed by atoms with Gasteiger partial charge in [0.25, 0.3) is 0 Å². The van der Waals surface area contributed by atoms with E-state index in [9.17, 15) is 0 Å². The lowest BCUT2D eigenvalue weighted by Gasteiger charge is -2.20. The summed E-state index contributed by atoms with van der Waals surface area (Å²) in [6.07, 6.45) is 0. The van der Waals surface area contributed by atoms with Gasteiger partial charge in [-0.15, -0.1) is 0 Å². The van der Waals surface area contributed by atoms with E-state index < -0.39 is 0 Å². The van der Waals surface area contributed by atoms with E-state index in [-0.39, 0.29) is 5.60 Å². The summed E-state index contributed by atoms with van der Waals surface area (Å²) in [5, 5.41) is 0. The second-order valence-electron chi connectivity index (χ2n) is 3.17. The molecule has 0 saturated carbocycles. The van der Waals surface area contributed by atoms with Gasteiger partial charge in [-0.25, -0.2) is 0 Å². The van der Waals surface area contributed by atoms with Gasteiger partial charge in [0.15, 0.2) is 0 Å².